The molecule has 0 aromatic heterocycles. The van der Waals surface area contributed by atoms with E-state index in [2.05, 4.69) is 71.9 Å². The Balaban J connectivity index is 0. The van der Waals surface area contributed by atoms with Gasteiger partial charge in [0.2, 0.25) is 0 Å². The highest BCUT2D eigenvalue weighted by molar-refractivity contribution is 5.74. The zero-order chi connectivity index (χ0) is 19.0. The van der Waals surface area contributed by atoms with E-state index in [1.54, 1.807) is 6.92 Å². The fourth-order valence-electron chi connectivity index (χ4n) is 1.97. The number of hydrogen-bond acceptors (Lipinski definition) is 1. The van der Waals surface area contributed by atoms with Gasteiger partial charge in [-0.15, -0.1) is 0 Å². The van der Waals surface area contributed by atoms with Crippen molar-refractivity contribution in [2.24, 2.45) is 5.92 Å². The first kappa shape index (κ1) is 24.9. The maximum atomic E-state index is 9.81. The molecule has 0 aliphatic heterocycles. The van der Waals surface area contributed by atoms with E-state index in [4.69, 9.17) is 0 Å². The van der Waals surface area contributed by atoms with Crippen LogP contribution in [0.1, 0.15) is 91.7 Å². The minimum absolute atomic E-state index is 0.255. The van der Waals surface area contributed by atoms with Gasteiger partial charge in [-0.25, -0.2) is 0 Å². The first-order valence-electron chi connectivity index (χ1n) is 9.48. The zero-order valence-corrected chi connectivity index (χ0v) is 17.4. The molecule has 0 amide bonds. The Labute approximate surface area is 151 Å². The number of ketones is 1. The van der Waals surface area contributed by atoms with Gasteiger partial charge in [-0.2, -0.15) is 0 Å². The lowest BCUT2D eigenvalue weighted by Gasteiger charge is -2.03. The molecule has 0 saturated carbocycles. The molecule has 0 aliphatic carbocycles. The Morgan fingerprint density at radius 1 is 1.08 bits per heavy atom. The number of allylic oxidation sites excluding steroid dienone is 2. The fourth-order valence-corrected chi connectivity index (χ4v) is 1.97. The van der Waals surface area contributed by atoms with Crippen LogP contribution in [-0.4, -0.2) is 5.78 Å². The molecule has 1 heteroatoms. The van der Waals surface area contributed by atoms with Gasteiger partial charge in [0.25, 0.3) is 0 Å². The smallest absolute Gasteiger partial charge is 0.129 e. The molecule has 0 aliphatic rings. The first-order valence-corrected chi connectivity index (χ1v) is 9.48. The highest BCUT2D eigenvalue weighted by atomic mass is 16.1. The Hall–Kier alpha value is -1.37. The summed E-state index contributed by atoms with van der Waals surface area (Å²) >= 11 is 0. The van der Waals surface area contributed by atoms with E-state index < -0.39 is 0 Å². The molecule has 0 radical (unpaired) electrons. The van der Waals surface area contributed by atoms with E-state index >= 15 is 0 Å². The van der Waals surface area contributed by atoms with Crippen LogP contribution >= 0.6 is 0 Å². The van der Waals surface area contributed by atoms with Crippen LogP contribution in [-0.2, 0) is 4.79 Å². The first-order chi connectivity index (χ1) is 11.3. The maximum Gasteiger partial charge on any atom is 0.129 e. The summed E-state index contributed by atoms with van der Waals surface area (Å²) in [6.45, 7) is 16.6. The molecular weight excluding hydrogens is 292 g/mol. The van der Waals surface area contributed by atoms with Crippen molar-refractivity contribution >= 4 is 11.4 Å². The lowest BCUT2D eigenvalue weighted by Crippen LogP contribution is -1.85. The number of Topliss-reactive ketones (excluding diaryl/α,β-unsaturated/α-hetero) is 1. The van der Waals surface area contributed by atoms with Crippen molar-refractivity contribution in [3.05, 3.63) is 41.5 Å². The van der Waals surface area contributed by atoms with Crippen LogP contribution in [0.3, 0.4) is 0 Å². The predicted octanol–water partition coefficient (Wildman–Crippen LogP) is 7.63. The van der Waals surface area contributed by atoms with Crippen molar-refractivity contribution in [2.45, 2.75) is 87.5 Å². The number of carbonyl (C=O) groups is 1. The molecule has 0 N–H and O–H groups in total. The summed E-state index contributed by atoms with van der Waals surface area (Å²) in [6, 6.07) is 8.45. The van der Waals surface area contributed by atoms with E-state index in [1.807, 2.05) is 6.92 Å². The van der Waals surface area contributed by atoms with Crippen molar-refractivity contribution in [1.29, 1.82) is 0 Å². The van der Waals surface area contributed by atoms with Crippen LogP contribution in [0, 0.1) is 12.8 Å². The largest absolute Gasteiger partial charge is 0.300 e. The number of aryl methyl sites for hydroxylation is 1. The summed E-state index contributed by atoms with van der Waals surface area (Å²) in [7, 11) is 0. The Morgan fingerprint density at radius 3 is 2.00 bits per heavy atom. The van der Waals surface area contributed by atoms with Crippen LogP contribution in [0.25, 0.3) is 5.57 Å². The molecule has 0 unspecified atom stereocenters. The molecule has 138 valence electrons. The summed E-state index contributed by atoms with van der Waals surface area (Å²) in [6.07, 6.45) is 8.41. The second kappa shape index (κ2) is 16.5. The van der Waals surface area contributed by atoms with Gasteiger partial charge in [0.15, 0.2) is 0 Å². The zero-order valence-electron chi connectivity index (χ0n) is 17.4. The second-order valence-electron chi connectivity index (χ2n) is 6.73. The third kappa shape index (κ3) is 15.5. The Morgan fingerprint density at radius 2 is 1.62 bits per heavy atom. The van der Waals surface area contributed by atoms with Crippen molar-refractivity contribution in [3.8, 4) is 0 Å². The summed E-state index contributed by atoms with van der Waals surface area (Å²) < 4.78 is 0. The van der Waals surface area contributed by atoms with E-state index in [1.165, 1.54) is 42.4 Å². The molecule has 0 spiro atoms. The molecular formula is C23H40O. The van der Waals surface area contributed by atoms with Gasteiger partial charge in [0.05, 0.1) is 0 Å². The minimum Gasteiger partial charge on any atom is -0.300 e. The van der Waals surface area contributed by atoms with Crippen molar-refractivity contribution in [3.63, 3.8) is 0 Å². The van der Waals surface area contributed by atoms with Crippen LogP contribution in [0.15, 0.2) is 30.3 Å². The van der Waals surface area contributed by atoms with E-state index in [0.29, 0.717) is 6.42 Å². The SMILES string of the molecule is C/C=C(/C)c1ccccc1C.CCC(C)=O.CCCCCC(C)C. The molecule has 0 saturated heterocycles. The number of carbonyl (C=O) groups excluding carboxylic acids is 1. The van der Waals surface area contributed by atoms with E-state index in [9.17, 15) is 4.79 Å². The Bertz CT molecular complexity index is 455. The normalized spacial score (nSPS) is 10.5. The number of hydrogen-bond donors (Lipinski definition) is 0. The second-order valence-corrected chi connectivity index (χ2v) is 6.73. The lowest BCUT2D eigenvalue weighted by atomic mass is 10.0. The molecule has 0 fully saturated rings. The summed E-state index contributed by atoms with van der Waals surface area (Å²) in [5, 5.41) is 0. The van der Waals surface area contributed by atoms with Crippen molar-refractivity contribution < 1.29 is 4.79 Å². The highest BCUT2D eigenvalue weighted by Gasteiger charge is 1.95. The van der Waals surface area contributed by atoms with Gasteiger partial charge < -0.3 is 4.79 Å². The summed E-state index contributed by atoms with van der Waals surface area (Å²) in [5.41, 5.74) is 4.06. The standard InChI is InChI=1S/C11H14.C8H18.C4H8O/c1-4-9(2)11-8-6-5-7-10(11)3;1-4-5-6-7-8(2)3;1-3-4(2)5/h4-8H,1-3H3;8H,4-7H2,1-3H3;3H2,1-2H3/b9-4-;;. The summed E-state index contributed by atoms with van der Waals surface area (Å²) in [4.78, 5) is 9.81. The van der Waals surface area contributed by atoms with E-state index in [0.717, 1.165) is 5.92 Å². The molecule has 0 atom stereocenters. The van der Waals surface area contributed by atoms with Crippen molar-refractivity contribution in [2.75, 3.05) is 0 Å². The summed E-state index contributed by atoms with van der Waals surface area (Å²) in [5.74, 6) is 1.16. The molecule has 0 heterocycles. The average molecular weight is 333 g/mol. The molecule has 1 aromatic carbocycles. The maximum absolute atomic E-state index is 9.81. The van der Waals surface area contributed by atoms with Gasteiger partial charge in [-0.1, -0.05) is 83.7 Å². The molecule has 1 aromatic rings. The monoisotopic (exact) mass is 332 g/mol. The lowest BCUT2D eigenvalue weighted by molar-refractivity contribution is -0.116. The average Bonchev–Trinajstić information content (AvgIpc) is 2.55. The molecule has 0 bridgehead atoms. The minimum atomic E-state index is 0.255. The molecule has 1 nitrogen and oxygen atoms in total. The van der Waals surface area contributed by atoms with Gasteiger partial charge >= 0.3 is 0 Å². The predicted molar refractivity (Wildman–Crippen MR) is 110 cm³/mol. The van der Waals surface area contributed by atoms with Crippen LogP contribution in [0.2, 0.25) is 0 Å². The molecule has 24 heavy (non-hydrogen) atoms. The van der Waals surface area contributed by atoms with Crippen LogP contribution in [0.4, 0.5) is 0 Å². The quantitative estimate of drug-likeness (QED) is 0.489. The van der Waals surface area contributed by atoms with Crippen LogP contribution in [0.5, 0.6) is 0 Å². The van der Waals surface area contributed by atoms with E-state index in [-0.39, 0.29) is 5.78 Å². The van der Waals surface area contributed by atoms with Crippen molar-refractivity contribution in [1.82, 2.24) is 0 Å². The Kier molecular flexibility index (Phi) is 17.1. The van der Waals surface area contributed by atoms with Gasteiger partial charge in [0, 0.05) is 6.42 Å². The van der Waals surface area contributed by atoms with Crippen LogP contribution < -0.4 is 0 Å². The highest BCUT2D eigenvalue weighted by Crippen LogP contribution is 2.16. The van der Waals surface area contributed by atoms with Gasteiger partial charge in [-0.05, 0) is 50.3 Å². The van der Waals surface area contributed by atoms with Gasteiger partial charge in [-0.3, -0.25) is 0 Å². The fraction of sp³-hybridized carbons (Fsp3) is 0.609. The third-order valence-electron chi connectivity index (χ3n) is 3.89. The third-order valence-corrected chi connectivity index (χ3v) is 3.89. The molecule has 1 rings (SSSR count). The number of unbranched alkanes of at least 4 members (excludes halogenated alkanes) is 2. The number of benzene rings is 1. The topological polar surface area (TPSA) is 17.1 Å². The number of rotatable bonds is 6. The van der Waals surface area contributed by atoms with Gasteiger partial charge in [0.1, 0.15) is 5.78 Å².